The van der Waals surface area contributed by atoms with Crippen LogP contribution >= 0.6 is 12.2 Å². The monoisotopic (exact) mass is 334 g/mol. The molecule has 122 valence electrons. The third-order valence-corrected chi connectivity index (χ3v) is 3.25. The van der Waals surface area contributed by atoms with Crippen LogP contribution in [0, 0.1) is 11.7 Å². The van der Waals surface area contributed by atoms with E-state index in [1.807, 2.05) is 13.0 Å². The molecule has 0 aliphatic rings. The molecular formula is C15H18N4O3S. The first-order valence-corrected chi connectivity index (χ1v) is 7.51. The number of aromatic amines is 1. The fourth-order valence-electron chi connectivity index (χ4n) is 1.80. The lowest BCUT2D eigenvalue weighted by molar-refractivity contribution is 0.294. The van der Waals surface area contributed by atoms with Crippen molar-refractivity contribution in [2.45, 2.75) is 20.3 Å². The number of ether oxygens (including phenoxy) is 2. The molecule has 7 nitrogen and oxygen atoms in total. The smallest absolute Gasteiger partial charge is 0.296 e. The molecular weight excluding hydrogens is 316 g/mol. The summed E-state index contributed by atoms with van der Waals surface area (Å²) < 4.78 is 12.1. The Bertz CT molecular complexity index is 826. The zero-order valence-electron chi connectivity index (χ0n) is 13.2. The van der Waals surface area contributed by atoms with Crippen molar-refractivity contribution in [1.29, 1.82) is 0 Å². The van der Waals surface area contributed by atoms with E-state index in [4.69, 9.17) is 21.7 Å². The van der Waals surface area contributed by atoms with E-state index >= 15 is 0 Å². The van der Waals surface area contributed by atoms with E-state index < -0.39 is 0 Å². The molecule has 8 heteroatoms. The second-order valence-corrected chi connectivity index (χ2v) is 5.12. The van der Waals surface area contributed by atoms with Crippen molar-refractivity contribution in [2.75, 3.05) is 13.7 Å². The lowest BCUT2D eigenvalue weighted by atomic mass is 10.2. The Kier molecular flexibility index (Phi) is 5.64. The number of nitrogens with zero attached hydrogens (tertiary/aromatic N) is 3. The van der Waals surface area contributed by atoms with Crippen LogP contribution < -0.4 is 15.0 Å². The third kappa shape index (κ3) is 4.04. The number of aryl methyl sites for hydroxylation is 1. The van der Waals surface area contributed by atoms with Gasteiger partial charge in [0, 0.05) is 0 Å². The van der Waals surface area contributed by atoms with Crippen LogP contribution in [0.3, 0.4) is 0 Å². The van der Waals surface area contributed by atoms with Gasteiger partial charge in [-0.05, 0) is 49.3 Å². The summed E-state index contributed by atoms with van der Waals surface area (Å²) in [5.74, 6) is 1.27. The van der Waals surface area contributed by atoms with Crippen LogP contribution in [0.15, 0.2) is 28.1 Å². The molecule has 0 saturated heterocycles. The van der Waals surface area contributed by atoms with Gasteiger partial charge in [0.25, 0.3) is 5.56 Å². The van der Waals surface area contributed by atoms with Gasteiger partial charge in [0.05, 0.1) is 19.9 Å². The van der Waals surface area contributed by atoms with Gasteiger partial charge < -0.3 is 9.47 Å². The molecule has 0 unspecified atom stereocenters. The van der Waals surface area contributed by atoms with Crippen LogP contribution in [-0.4, -0.2) is 34.8 Å². The molecule has 2 rings (SSSR count). The van der Waals surface area contributed by atoms with Crippen LogP contribution in [0.4, 0.5) is 0 Å². The topological polar surface area (TPSA) is 81.5 Å². The fourth-order valence-corrected chi connectivity index (χ4v) is 1.97. The van der Waals surface area contributed by atoms with E-state index in [2.05, 4.69) is 15.3 Å². The van der Waals surface area contributed by atoms with Crippen LogP contribution in [0.5, 0.6) is 11.5 Å². The van der Waals surface area contributed by atoms with E-state index in [1.165, 1.54) is 6.21 Å². The normalized spacial score (nSPS) is 10.9. The Hall–Kier alpha value is -2.48. The summed E-state index contributed by atoms with van der Waals surface area (Å²) in [6, 6.07) is 5.40. The molecule has 0 atom stereocenters. The van der Waals surface area contributed by atoms with Crippen molar-refractivity contribution in [3.8, 4) is 11.5 Å². The fraction of sp³-hybridized carbons (Fsp3) is 0.333. The van der Waals surface area contributed by atoms with Gasteiger partial charge in [-0.2, -0.15) is 14.9 Å². The predicted molar refractivity (Wildman–Crippen MR) is 90.2 cm³/mol. The van der Waals surface area contributed by atoms with Gasteiger partial charge in [-0.25, -0.2) is 0 Å². The Morgan fingerprint density at radius 1 is 1.43 bits per heavy atom. The number of nitrogens with one attached hydrogen (secondary N) is 1. The number of H-pyrrole nitrogens is 1. The van der Waals surface area contributed by atoms with E-state index in [9.17, 15) is 4.79 Å². The van der Waals surface area contributed by atoms with Gasteiger partial charge in [-0.15, -0.1) is 0 Å². The number of aromatic nitrogens is 3. The highest BCUT2D eigenvalue weighted by Gasteiger charge is 2.05. The molecule has 1 heterocycles. The average Bonchev–Trinajstić information content (AvgIpc) is 2.56. The Morgan fingerprint density at radius 2 is 2.22 bits per heavy atom. The zero-order chi connectivity index (χ0) is 16.8. The number of hydrogen-bond acceptors (Lipinski definition) is 6. The molecule has 1 aromatic heterocycles. The quantitative estimate of drug-likeness (QED) is 0.647. The molecule has 2 aromatic rings. The minimum Gasteiger partial charge on any atom is -0.493 e. The molecule has 0 aliphatic carbocycles. The highest BCUT2D eigenvalue weighted by atomic mass is 32.1. The summed E-state index contributed by atoms with van der Waals surface area (Å²) in [6.45, 7) is 4.23. The number of hydrogen-bond donors (Lipinski definition) is 1. The largest absolute Gasteiger partial charge is 0.493 e. The first-order valence-electron chi connectivity index (χ1n) is 7.10. The minimum atomic E-state index is -0.361. The standard InChI is InChI=1S/C15H18N4O3S/c1-4-7-22-12-6-5-11(8-13(12)21-3)9-16-19-14(20)10(2)17-18-15(19)23/h5-6,8-9H,4,7H2,1-3H3,(H,18,23)/b16-9-. The average molecular weight is 334 g/mol. The van der Waals surface area contributed by atoms with Crippen molar-refractivity contribution in [3.05, 3.63) is 44.6 Å². The maximum absolute atomic E-state index is 12.0. The minimum absolute atomic E-state index is 0.131. The van der Waals surface area contributed by atoms with Gasteiger partial charge in [-0.1, -0.05) is 6.92 Å². The van der Waals surface area contributed by atoms with Gasteiger partial charge in [0.15, 0.2) is 11.5 Å². The van der Waals surface area contributed by atoms with Crippen LogP contribution in [0.1, 0.15) is 24.6 Å². The summed E-state index contributed by atoms with van der Waals surface area (Å²) in [5.41, 5.74) is 0.679. The SMILES string of the molecule is CCCOc1ccc(/C=N\n2c(=S)[nH]nc(C)c2=O)cc1OC. The molecule has 0 saturated carbocycles. The molecule has 0 spiro atoms. The first-order chi connectivity index (χ1) is 11.1. The Morgan fingerprint density at radius 3 is 2.91 bits per heavy atom. The Balaban J connectivity index is 2.32. The van der Waals surface area contributed by atoms with Crippen molar-refractivity contribution in [1.82, 2.24) is 14.9 Å². The summed E-state index contributed by atoms with van der Waals surface area (Å²) in [7, 11) is 1.57. The second-order valence-electron chi connectivity index (χ2n) is 4.73. The second kappa shape index (κ2) is 7.68. The molecule has 0 bridgehead atoms. The number of benzene rings is 1. The maximum atomic E-state index is 12.0. The Labute approximate surface area is 138 Å². The predicted octanol–water partition coefficient (Wildman–Crippen LogP) is 2.29. The van der Waals surface area contributed by atoms with Crippen LogP contribution in [0.25, 0.3) is 0 Å². The zero-order valence-corrected chi connectivity index (χ0v) is 14.0. The molecule has 23 heavy (non-hydrogen) atoms. The van der Waals surface area contributed by atoms with Crippen LogP contribution in [-0.2, 0) is 0 Å². The number of rotatable bonds is 6. The highest BCUT2D eigenvalue weighted by molar-refractivity contribution is 7.71. The highest BCUT2D eigenvalue weighted by Crippen LogP contribution is 2.27. The lowest BCUT2D eigenvalue weighted by Gasteiger charge is -2.10. The molecule has 0 aliphatic heterocycles. The van der Waals surface area contributed by atoms with E-state index in [-0.39, 0.29) is 16.0 Å². The van der Waals surface area contributed by atoms with Crippen molar-refractivity contribution >= 4 is 18.4 Å². The molecule has 1 N–H and O–H groups in total. The third-order valence-electron chi connectivity index (χ3n) is 2.99. The summed E-state index contributed by atoms with van der Waals surface area (Å²) >= 11 is 5.02. The lowest BCUT2D eigenvalue weighted by Crippen LogP contribution is -2.22. The summed E-state index contributed by atoms with van der Waals surface area (Å²) in [6.07, 6.45) is 2.44. The van der Waals surface area contributed by atoms with Crippen molar-refractivity contribution in [3.63, 3.8) is 0 Å². The van der Waals surface area contributed by atoms with Gasteiger partial charge >= 0.3 is 0 Å². The van der Waals surface area contributed by atoms with Crippen molar-refractivity contribution < 1.29 is 9.47 Å². The maximum Gasteiger partial charge on any atom is 0.296 e. The van der Waals surface area contributed by atoms with Crippen molar-refractivity contribution in [2.24, 2.45) is 5.10 Å². The van der Waals surface area contributed by atoms with E-state index in [0.717, 1.165) is 16.7 Å². The molecule has 1 aromatic carbocycles. The van der Waals surface area contributed by atoms with Gasteiger partial charge in [0.1, 0.15) is 5.69 Å². The van der Waals surface area contributed by atoms with Crippen LogP contribution in [0.2, 0.25) is 0 Å². The van der Waals surface area contributed by atoms with E-state index in [0.29, 0.717) is 18.1 Å². The van der Waals surface area contributed by atoms with E-state index in [1.54, 1.807) is 26.2 Å². The first kappa shape index (κ1) is 16.9. The summed E-state index contributed by atoms with van der Waals surface area (Å²) in [5, 5.41) is 10.5. The van der Waals surface area contributed by atoms with Gasteiger partial charge in [-0.3, -0.25) is 9.89 Å². The molecule has 0 radical (unpaired) electrons. The molecule has 0 amide bonds. The summed E-state index contributed by atoms with van der Waals surface area (Å²) in [4.78, 5) is 12.0. The number of methoxy groups -OCH3 is 1. The van der Waals surface area contributed by atoms with Gasteiger partial charge in [0.2, 0.25) is 4.77 Å². The molecule has 0 fully saturated rings.